The van der Waals surface area contributed by atoms with Crippen LogP contribution in [-0.4, -0.2) is 24.3 Å². The number of hydrogen-bond donors (Lipinski definition) is 2. The van der Waals surface area contributed by atoms with E-state index in [4.69, 9.17) is 5.11 Å². The van der Waals surface area contributed by atoms with Gasteiger partial charge < -0.3 is 10.4 Å². The lowest BCUT2D eigenvalue weighted by atomic mass is 10.1. The van der Waals surface area contributed by atoms with Gasteiger partial charge >= 0.3 is 0 Å². The lowest BCUT2D eigenvalue weighted by Gasteiger charge is -2.16. The van der Waals surface area contributed by atoms with Crippen molar-refractivity contribution in [3.63, 3.8) is 0 Å². The molecule has 1 aliphatic rings. The van der Waals surface area contributed by atoms with Crippen molar-refractivity contribution in [3.05, 3.63) is 0 Å². The van der Waals surface area contributed by atoms with Crippen LogP contribution >= 0.6 is 13.5 Å². The van der Waals surface area contributed by atoms with E-state index in [-0.39, 0.29) is 19.6 Å². The van der Waals surface area contributed by atoms with Gasteiger partial charge in [-0.1, -0.05) is 0 Å². The highest BCUT2D eigenvalue weighted by atomic mass is 32.1. The maximum atomic E-state index is 8.85. The van der Waals surface area contributed by atoms with Crippen LogP contribution < -0.4 is 5.32 Å². The van der Waals surface area contributed by atoms with Crippen molar-refractivity contribution >= 4 is 13.5 Å². The topological polar surface area (TPSA) is 32.3 Å². The molecule has 0 aromatic heterocycles. The van der Waals surface area contributed by atoms with Crippen LogP contribution in [0.4, 0.5) is 0 Å². The summed E-state index contributed by atoms with van der Waals surface area (Å²) >= 11 is 0. The summed E-state index contributed by atoms with van der Waals surface area (Å²) in [5.41, 5.74) is 0. The van der Waals surface area contributed by atoms with Gasteiger partial charge in [-0.25, -0.2) is 0 Å². The van der Waals surface area contributed by atoms with Gasteiger partial charge in [-0.05, 0) is 19.4 Å². The van der Waals surface area contributed by atoms with Crippen LogP contribution in [0.15, 0.2) is 0 Å². The minimum Gasteiger partial charge on any atom is -0.392 e. The monoisotopic (exact) mass is 135 g/mol. The zero-order valence-corrected chi connectivity index (χ0v) is 5.85. The second-order valence-electron chi connectivity index (χ2n) is 2.00. The van der Waals surface area contributed by atoms with Crippen molar-refractivity contribution in [3.8, 4) is 0 Å². The fourth-order valence-corrected chi connectivity index (χ4v) is 0.833. The molecular formula is C5H13NOS. The highest BCUT2D eigenvalue weighted by Crippen LogP contribution is 1.98. The van der Waals surface area contributed by atoms with Crippen LogP contribution in [0.1, 0.15) is 12.8 Å². The number of piperidine rings is 1. The number of aliphatic hydroxyl groups excluding tert-OH is 1. The van der Waals surface area contributed by atoms with Crippen LogP contribution in [0.3, 0.4) is 0 Å². The molecule has 1 rings (SSSR count). The maximum Gasteiger partial charge on any atom is 0.0665 e. The molecular weight excluding hydrogens is 122 g/mol. The lowest BCUT2D eigenvalue weighted by molar-refractivity contribution is 0.142. The Hall–Kier alpha value is 0.270. The molecule has 1 saturated heterocycles. The van der Waals surface area contributed by atoms with E-state index in [1.165, 1.54) is 0 Å². The first-order valence-electron chi connectivity index (χ1n) is 2.78. The molecule has 0 unspecified atom stereocenters. The Kier molecular flexibility index (Phi) is 4.32. The molecule has 2 N–H and O–H groups in total. The number of hydrogen-bond acceptors (Lipinski definition) is 2. The first-order chi connectivity index (χ1) is 3.39. The molecule has 1 heterocycles. The Morgan fingerprint density at radius 3 is 2.50 bits per heavy atom. The van der Waals surface area contributed by atoms with E-state index in [0.29, 0.717) is 0 Å². The number of β-amino-alcohol motifs (C(OH)–C–C–N with tert-alkyl or cyclic N) is 1. The molecule has 0 bridgehead atoms. The fraction of sp³-hybridized carbons (Fsp3) is 1.00. The van der Waals surface area contributed by atoms with Gasteiger partial charge in [-0.3, -0.25) is 0 Å². The first kappa shape index (κ1) is 8.27. The zero-order chi connectivity index (χ0) is 5.11. The standard InChI is InChI=1S/C5H11NO.H2S/c7-5-2-1-3-6-4-5;/h5-7H,1-4H2;1H2/t5-;/m0./s1. The summed E-state index contributed by atoms with van der Waals surface area (Å²) in [6.07, 6.45) is 2.03. The third-order valence-corrected chi connectivity index (χ3v) is 1.27. The summed E-state index contributed by atoms with van der Waals surface area (Å²) in [6.45, 7) is 1.87. The smallest absolute Gasteiger partial charge is 0.0665 e. The molecule has 50 valence electrons. The summed E-state index contributed by atoms with van der Waals surface area (Å²) in [5.74, 6) is 0. The summed E-state index contributed by atoms with van der Waals surface area (Å²) in [4.78, 5) is 0. The molecule has 2 nitrogen and oxygen atoms in total. The Labute approximate surface area is 56.7 Å². The molecule has 1 aliphatic heterocycles. The predicted octanol–water partition coefficient (Wildman–Crippen LogP) is -0.156. The molecule has 0 amide bonds. The summed E-state index contributed by atoms with van der Waals surface area (Å²) < 4.78 is 0. The maximum absolute atomic E-state index is 8.85. The largest absolute Gasteiger partial charge is 0.392 e. The second kappa shape index (κ2) is 4.18. The van der Waals surface area contributed by atoms with Crippen LogP contribution in [0, 0.1) is 0 Å². The Morgan fingerprint density at radius 1 is 1.50 bits per heavy atom. The van der Waals surface area contributed by atoms with Crippen molar-refractivity contribution in [2.24, 2.45) is 0 Å². The van der Waals surface area contributed by atoms with Crippen LogP contribution in [0.2, 0.25) is 0 Å². The predicted molar refractivity (Wildman–Crippen MR) is 38.5 cm³/mol. The molecule has 1 atom stereocenters. The van der Waals surface area contributed by atoms with Crippen LogP contribution in [0.5, 0.6) is 0 Å². The average Bonchev–Trinajstić information content (AvgIpc) is 1.69. The average molecular weight is 135 g/mol. The van der Waals surface area contributed by atoms with E-state index < -0.39 is 0 Å². The quantitative estimate of drug-likeness (QED) is 0.484. The van der Waals surface area contributed by atoms with Crippen molar-refractivity contribution in [1.82, 2.24) is 5.32 Å². The van der Waals surface area contributed by atoms with E-state index in [2.05, 4.69) is 5.32 Å². The zero-order valence-electron chi connectivity index (χ0n) is 4.85. The number of rotatable bonds is 0. The molecule has 0 radical (unpaired) electrons. The fourth-order valence-electron chi connectivity index (χ4n) is 0.833. The molecule has 0 aromatic carbocycles. The highest BCUT2D eigenvalue weighted by Gasteiger charge is 2.06. The van der Waals surface area contributed by atoms with Crippen LogP contribution in [0.25, 0.3) is 0 Å². The third kappa shape index (κ3) is 2.55. The van der Waals surface area contributed by atoms with Gasteiger partial charge in [0.15, 0.2) is 0 Å². The Bertz CT molecular complexity index is 54.4. The minimum atomic E-state index is -0.0752. The molecule has 1 fully saturated rings. The molecule has 3 heteroatoms. The van der Waals surface area contributed by atoms with Gasteiger partial charge in [0.2, 0.25) is 0 Å². The van der Waals surface area contributed by atoms with Gasteiger partial charge in [-0.15, -0.1) is 0 Å². The third-order valence-electron chi connectivity index (χ3n) is 1.27. The molecule has 0 saturated carbocycles. The van der Waals surface area contributed by atoms with E-state index in [1.807, 2.05) is 0 Å². The molecule has 8 heavy (non-hydrogen) atoms. The summed E-state index contributed by atoms with van der Waals surface area (Å²) in [6, 6.07) is 0. The van der Waals surface area contributed by atoms with Gasteiger partial charge in [0.25, 0.3) is 0 Å². The van der Waals surface area contributed by atoms with E-state index in [0.717, 1.165) is 25.9 Å². The van der Waals surface area contributed by atoms with E-state index in [9.17, 15) is 0 Å². The molecule has 0 aliphatic carbocycles. The lowest BCUT2D eigenvalue weighted by Crippen LogP contribution is -2.33. The van der Waals surface area contributed by atoms with Crippen molar-refractivity contribution < 1.29 is 5.11 Å². The first-order valence-corrected chi connectivity index (χ1v) is 2.78. The highest BCUT2D eigenvalue weighted by molar-refractivity contribution is 7.59. The van der Waals surface area contributed by atoms with Crippen molar-refractivity contribution in [2.45, 2.75) is 18.9 Å². The Morgan fingerprint density at radius 2 is 2.25 bits per heavy atom. The van der Waals surface area contributed by atoms with Crippen molar-refractivity contribution in [2.75, 3.05) is 13.1 Å². The van der Waals surface area contributed by atoms with Gasteiger partial charge in [-0.2, -0.15) is 13.5 Å². The SMILES string of the molecule is O[C@H]1CCCNC1.S. The van der Waals surface area contributed by atoms with E-state index in [1.54, 1.807) is 0 Å². The second-order valence-corrected chi connectivity index (χ2v) is 2.00. The normalized spacial score (nSPS) is 28.9. The van der Waals surface area contributed by atoms with Crippen molar-refractivity contribution in [1.29, 1.82) is 0 Å². The number of aliphatic hydroxyl groups is 1. The number of nitrogens with one attached hydrogen (secondary N) is 1. The minimum absolute atomic E-state index is 0. The van der Waals surface area contributed by atoms with Gasteiger partial charge in [0.05, 0.1) is 6.10 Å². The summed E-state index contributed by atoms with van der Waals surface area (Å²) in [5, 5.41) is 11.9. The molecule has 0 aromatic rings. The van der Waals surface area contributed by atoms with Gasteiger partial charge in [0, 0.05) is 6.54 Å². The van der Waals surface area contributed by atoms with E-state index >= 15 is 0 Å². The van der Waals surface area contributed by atoms with Gasteiger partial charge in [0.1, 0.15) is 0 Å². The molecule has 0 spiro atoms. The van der Waals surface area contributed by atoms with Crippen LogP contribution in [-0.2, 0) is 0 Å². The Balaban J connectivity index is 0.000000490. The summed E-state index contributed by atoms with van der Waals surface area (Å²) in [7, 11) is 0.